The molecule has 3 N–H and O–H groups in total. The van der Waals surface area contributed by atoms with Crippen molar-refractivity contribution in [3.05, 3.63) is 34.9 Å². The van der Waals surface area contributed by atoms with Crippen molar-refractivity contribution < 1.29 is 5.11 Å². The van der Waals surface area contributed by atoms with E-state index in [1.165, 1.54) is 5.56 Å². The van der Waals surface area contributed by atoms with Gasteiger partial charge in [-0.15, -0.1) is 0 Å². The van der Waals surface area contributed by atoms with E-state index in [4.69, 9.17) is 22.4 Å². The number of benzene rings is 1. The van der Waals surface area contributed by atoms with Crippen molar-refractivity contribution >= 4 is 11.6 Å². The molecule has 1 aliphatic carbocycles. The summed E-state index contributed by atoms with van der Waals surface area (Å²) in [6.07, 6.45) is 0.988. The van der Waals surface area contributed by atoms with Gasteiger partial charge in [0.2, 0.25) is 0 Å². The summed E-state index contributed by atoms with van der Waals surface area (Å²) >= 11 is 5.81. The number of hydrogen-bond donors (Lipinski definition) is 2. The van der Waals surface area contributed by atoms with Crippen LogP contribution in [0, 0.1) is 5.92 Å². The zero-order valence-corrected chi connectivity index (χ0v) is 8.67. The van der Waals surface area contributed by atoms with Crippen molar-refractivity contribution in [2.75, 3.05) is 13.2 Å². The van der Waals surface area contributed by atoms with E-state index in [1.54, 1.807) is 0 Å². The molecule has 0 saturated heterocycles. The number of aliphatic hydroxyl groups excluding tert-OH is 1. The molecule has 1 aromatic carbocycles. The van der Waals surface area contributed by atoms with E-state index in [1.807, 2.05) is 24.3 Å². The van der Waals surface area contributed by atoms with Crippen molar-refractivity contribution in [1.82, 2.24) is 0 Å². The SMILES string of the molecule is NC[C@@]1(c2ccc(Cl)cc2)C[C@H]1CO. The van der Waals surface area contributed by atoms with Crippen LogP contribution in [0.3, 0.4) is 0 Å². The third-order valence-corrected chi connectivity index (χ3v) is 3.49. The van der Waals surface area contributed by atoms with Gasteiger partial charge in [0, 0.05) is 23.6 Å². The lowest BCUT2D eigenvalue weighted by Crippen LogP contribution is -2.23. The Morgan fingerprint density at radius 1 is 1.43 bits per heavy atom. The van der Waals surface area contributed by atoms with Crippen LogP contribution in [0.25, 0.3) is 0 Å². The van der Waals surface area contributed by atoms with Crippen LogP contribution < -0.4 is 5.73 Å². The minimum absolute atomic E-state index is 0.0132. The second kappa shape index (κ2) is 3.54. The van der Waals surface area contributed by atoms with Gasteiger partial charge in [0.05, 0.1) is 0 Å². The molecule has 0 spiro atoms. The summed E-state index contributed by atoms with van der Waals surface area (Å²) in [6, 6.07) is 7.76. The van der Waals surface area contributed by atoms with Crippen LogP contribution in [-0.2, 0) is 5.41 Å². The molecule has 2 nitrogen and oxygen atoms in total. The highest BCUT2D eigenvalue weighted by molar-refractivity contribution is 6.30. The molecule has 76 valence electrons. The van der Waals surface area contributed by atoms with Crippen LogP contribution >= 0.6 is 11.6 Å². The summed E-state index contributed by atoms with van der Waals surface area (Å²) in [7, 11) is 0. The van der Waals surface area contributed by atoms with E-state index in [-0.39, 0.29) is 12.0 Å². The van der Waals surface area contributed by atoms with Crippen molar-refractivity contribution in [3.63, 3.8) is 0 Å². The molecule has 2 atom stereocenters. The fourth-order valence-corrected chi connectivity index (χ4v) is 2.25. The maximum Gasteiger partial charge on any atom is 0.0468 e. The topological polar surface area (TPSA) is 46.2 Å². The van der Waals surface area contributed by atoms with Crippen LogP contribution in [0.4, 0.5) is 0 Å². The minimum Gasteiger partial charge on any atom is -0.396 e. The second-order valence-electron chi connectivity index (χ2n) is 3.95. The van der Waals surface area contributed by atoms with Gasteiger partial charge in [-0.2, -0.15) is 0 Å². The standard InChI is InChI=1S/C11H14ClNO/c12-10-3-1-8(2-4-10)11(7-13)5-9(11)6-14/h1-4,9,14H,5-7,13H2/t9-,11+/m0/s1. The summed E-state index contributed by atoms with van der Waals surface area (Å²) < 4.78 is 0. The van der Waals surface area contributed by atoms with Gasteiger partial charge in [-0.25, -0.2) is 0 Å². The first-order valence-electron chi connectivity index (χ1n) is 4.80. The molecule has 0 heterocycles. The van der Waals surface area contributed by atoms with Crippen LogP contribution in [0.5, 0.6) is 0 Å². The number of rotatable bonds is 3. The predicted molar refractivity (Wildman–Crippen MR) is 57.4 cm³/mol. The molecule has 2 rings (SSSR count). The highest BCUT2D eigenvalue weighted by Gasteiger charge is 2.53. The van der Waals surface area contributed by atoms with Crippen LogP contribution in [0.1, 0.15) is 12.0 Å². The molecular formula is C11H14ClNO. The van der Waals surface area contributed by atoms with E-state index in [2.05, 4.69) is 0 Å². The summed E-state index contributed by atoms with van der Waals surface area (Å²) in [5.41, 5.74) is 6.97. The Morgan fingerprint density at radius 2 is 2.07 bits per heavy atom. The van der Waals surface area contributed by atoms with Gasteiger partial charge < -0.3 is 10.8 Å². The molecule has 14 heavy (non-hydrogen) atoms. The molecule has 1 aromatic rings. The highest BCUT2D eigenvalue weighted by atomic mass is 35.5. The summed E-state index contributed by atoms with van der Waals surface area (Å²) in [4.78, 5) is 0. The molecule has 0 aliphatic heterocycles. The smallest absolute Gasteiger partial charge is 0.0468 e. The Kier molecular flexibility index (Phi) is 2.52. The molecule has 0 unspecified atom stereocenters. The van der Waals surface area contributed by atoms with Crippen LogP contribution in [0.15, 0.2) is 24.3 Å². The summed E-state index contributed by atoms with van der Waals surface area (Å²) in [5, 5.41) is 9.85. The molecular weight excluding hydrogens is 198 g/mol. The first kappa shape index (κ1) is 9.97. The average Bonchev–Trinajstić information content (AvgIpc) is 2.94. The van der Waals surface area contributed by atoms with Gasteiger partial charge in [-0.3, -0.25) is 0 Å². The van der Waals surface area contributed by atoms with Gasteiger partial charge in [-0.05, 0) is 30.0 Å². The van der Waals surface area contributed by atoms with Gasteiger partial charge >= 0.3 is 0 Å². The Hall–Kier alpha value is -0.570. The van der Waals surface area contributed by atoms with Gasteiger partial charge in [-0.1, -0.05) is 23.7 Å². The van der Waals surface area contributed by atoms with Crippen LogP contribution in [0.2, 0.25) is 5.02 Å². The first-order chi connectivity index (χ1) is 6.73. The van der Waals surface area contributed by atoms with Crippen LogP contribution in [-0.4, -0.2) is 18.3 Å². The third-order valence-electron chi connectivity index (χ3n) is 3.24. The zero-order valence-electron chi connectivity index (χ0n) is 7.91. The van der Waals surface area contributed by atoms with Crippen molar-refractivity contribution in [1.29, 1.82) is 0 Å². The number of halogens is 1. The monoisotopic (exact) mass is 211 g/mol. The van der Waals surface area contributed by atoms with Crippen molar-refractivity contribution in [2.45, 2.75) is 11.8 Å². The molecule has 0 amide bonds. The quantitative estimate of drug-likeness (QED) is 0.797. The van der Waals surface area contributed by atoms with E-state index in [0.29, 0.717) is 12.5 Å². The predicted octanol–water partition coefficient (Wildman–Crippen LogP) is 1.55. The molecule has 1 saturated carbocycles. The first-order valence-corrected chi connectivity index (χ1v) is 5.18. The number of aliphatic hydroxyl groups is 1. The molecule has 1 fully saturated rings. The van der Waals surface area contributed by atoms with Crippen molar-refractivity contribution in [3.8, 4) is 0 Å². The fourth-order valence-electron chi connectivity index (χ4n) is 2.12. The zero-order chi connectivity index (χ0) is 10.2. The highest BCUT2D eigenvalue weighted by Crippen LogP contribution is 2.53. The van der Waals surface area contributed by atoms with E-state index >= 15 is 0 Å². The maximum absolute atomic E-state index is 9.11. The third kappa shape index (κ3) is 1.44. The molecule has 1 aliphatic rings. The Bertz CT molecular complexity index is 325. The fraction of sp³-hybridized carbons (Fsp3) is 0.455. The molecule has 0 aromatic heterocycles. The van der Waals surface area contributed by atoms with Gasteiger partial charge in [0.1, 0.15) is 0 Å². The Labute approximate surface area is 88.7 Å². The van der Waals surface area contributed by atoms with E-state index < -0.39 is 0 Å². The largest absolute Gasteiger partial charge is 0.396 e. The normalized spacial score (nSPS) is 30.4. The van der Waals surface area contributed by atoms with E-state index in [9.17, 15) is 0 Å². The van der Waals surface area contributed by atoms with E-state index in [0.717, 1.165) is 11.4 Å². The minimum atomic E-state index is 0.0132. The lowest BCUT2D eigenvalue weighted by atomic mass is 9.93. The van der Waals surface area contributed by atoms with Gasteiger partial charge in [0.15, 0.2) is 0 Å². The molecule has 3 heteroatoms. The number of nitrogens with two attached hydrogens (primary N) is 1. The molecule has 0 radical (unpaired) electrons. The average molecular weight is 212 g/mol. The van der Waals surface area contributed by atoms with Crippen molar-refractivity contribution in [2.24, 2.45) is 11.7 Å². The lowest BCUT2D eigenvalue weighted by molar-refractivity contribution is 0.264. The Morgan fingerprint density at radius 3 is 2.50 bits per heavy atom. The Balaban J connectivity index is 2.26. The summed E-state index contributed by atoms with van der Waals surface area (Å²) in [6.45, 7) is 0.819. The molecule has 0 bridgehead atoms. The lowest BCUT2D eigenvalue weighted by Gasteiger charge is -2.14. The number of hydrogen-bond acceptors (Lipinski definition) is 2. The second-order valence-corrected chi connectivity index (χ2v) is 4.39. The maximum atomic E-state index is 9.11. The van der Waals surface area contributed by atoms with Gasteiger partial charge in [0.25, 0.3) is 0 Å². The summed E-state index contributed by atoms with van der Waals surface area (Å²) in [5.74, 6) is 0.327.